The molecular formula is C22H22ClN3O6S. The number of benzene rings is 2. The minimum atomic E-state index is -3.42. The highest BCUT2D eigenvalue weighted by Gasteiger charge is 2.32. The molecule has 1 aliphatic heterocycles. The van der Waals surface area contributed by atoms with Crippen LogP contribution in [0.4, 0.5) is 10.5 Å². The number of carbonyl (C=O) groups is 3. The number of nitrogens with one attached hydrogen (secondary N) is 1. The molecule has 3 amide bonds. The van der Waals surface area contributed by atoms with Gasteiger partial charge in [-0.3, -0.25) is 9.59 Å². The Morgan fingerprint density at radius 2 is 1.79 bits per heavy atom. The van der Waals surface area contributed by atoms with E-state index in [1.165, 1.54) is 11.0 Å². The molecule has 2 aromatic carbocycles. The molecule has 0 spiro atoms. The lowest BCUT2D eigenvalue weighted by Crippen LogP contribution is -2.43. The van der Waals surface area contributed by atoms with Gasteiger partial charge in [0.2, 0.25) is 0 Å². The molecule has 0 radical (unpaired) electrons. The number of nitrogens with two attached hydrogens (primary N) is 1. The Bertz CT molecular complexity index is 1150. The van der Waals surface area contributed by atoms with Gasteiger partial charge in [0.25, 0.3) is 5.91 Å². The third-order valence-electron chi connectivity index (χ3n) is 4.86. The molecule has 174 valence electrons. The minimum absolute atomic E-state index is 0.261. The Hall–Kier alpha value is -3.37. The molecule has 0 unspecified atom stereocenters. The molecule has 0 aromatic heterocycles. The zero-order chi connectivity index (χ0) is 24.0. The van der Waals surface area contributed by atoms with E-state index in [0.29, 0.717) is 16.3 Å². The van der Waals surface area contributed by atoms with Crippen LogP contribution in [0.2, 0.25) is 5.02 Å². The van der Waals surface area contributed by atoms with Crippen LogP contribution in [0.25, 0.3) is 0 Å². The molecule has 0 bridgehead atoms. The van der Waals surface area contributed by atoms with E-state index in [4.69, 9.17) is 22.1 Å². The van der Waals surface area contributed by atoms with Crippen LogP contribution in [0.1, 0.15) is 18.0 Å². The van der Waals surface area contributed by atoms with Crippen LogP contribution in [0.3, 0.4) is 0 Å². The number of ether oxygens (including phenoxy) is 1. The monoisotopic (exact) mass is 491 g/mol. The first-order chi connectivity index (χ1) is 15.6. The van der Waals surface area contributed by atoms with Gasteiger partial charge in [-0.15, -0.1) is 0 Å². The summed E-state index contributed by atoms with van der Waals surface area (Å²) in [6.45, 7) is -0.609. The zero-order valence-electron chi connectivity index (χ0n) is 17.4. The number of esters is 1. The maximum atomic E-state index is 12.9. The first kappa shape index (κ1) is 24.3. The quantitative estimate of drug-likeness (QED) is 0.544. The van der Waals surface area contributed by atoms with Crippen molar-refractivity contribution in [1.82, 2.24) is 5.32 Å². The van der Waals surface area contributed by atoms with Gasteiger partial charge in [0.15, 0.2) is 16.4 Å². The van der Waals surface area contributed by atoms with Gasteiger partial charge in [0.05, 0.1) is 24.3 Å². The Balaban J connectivity index is 1.68. The number of rotatable bonds is 8. The number of para-hydroxylation sites is 1. The summed E-state index contributed by atoms with van der Waals surface area (Å²) >= 11 is 5.88. The lowest BCUT2D eigenvalue weighted by atomic mass is 10.0. The fourth-order valence-electron chi connectivity index (χ4n) is 3.39. The zero-order valence-corrected chi connectivity index (χ0v) is 19.0. The number of amides is 3. The minimum Gasteiger partial charge on any atom is -0.455 e. The highest BCUT2D eigenvalue weighted by molar-refractivity contribution is 7.94. The van der Waals surface area contributed by atoms with E-state index in [1.54, 1.807) is 54.6 Å². The van der Waals surface area contributed by atoms with Crippen LogP contribution >= 0.6 is 11.6 Å². The Morgan fingerprint density at radius 3 is 2.36 bits per heavy atom. The van der Waals surface area contributed by atoms with Crippen molar-refractivity contribution in [3.63, 3.8) is 0 Å². The van der Waals surface area contributed by atoms with E-state index in [2.05, 4.69) is 5.32 Å². The largest absolute Gasteiger partial charge is 0.455 e. The molecule has 3 rings (SSSR count). The fourth-order valence-corrected chi connectivity index (χ4v) is 4.78. The average Bonchev–Trinajstić information content (AvgIpc) is 3.12. The van der Waals surface area contributed by atoms with Gasteiger partial charge in [0.1, 0.15) is 0 Å². The van der Waals surface area contributed by atoms with E-state index in [1.807, 2.05) is 0 Å². The van der Waals surface area contributed by atoms with E-state index in [9.17, 15) is 22.8 Å². The van der Waals surface area contributed by atoms with Crippen LogP contribution in [0, 0.1) is 0 Å². The first-order valence-corrected chi connectivity index (χ1v) is 12.0. The molecule has 9 nitrogen and oxygen atoms in total. The Morgan fingerprint density at radius 1 is 1.12 bits per heavy atom. The number of sulfone groups is 1. The molecule has 0 saturated heterocycles. The van der Waals surface area contributed by atoms with Crippen molar-refractivity contribution < 1.29 is 27.5 Å². The summed E-state index contributed by atoms with van der Waals surface area (Å²) in [7, 11) is -3.42. The second-order valence-electron chi connectivity index (χ2n) is 7.30. The molecule has 2 atom stereocenters. The van der Waals surface area contributed by atoms with Gasteiger partial charge >= 0.3 is 12.0 Å². The number of anilines is 1. The number of halogens is 1. The Kier molecular flexibility index (Phi) is 7.72. The van der Waals surface area contributed by atoms with E-state index < -0.39 is 46.4 Å². The highest BCUT2D eigenvalue weighted by Crippen LogP contribution is 2.23. The average molecular weight is 492 g/mol. The third kappa shape index (κ3) is 6.80. The van der Waals surface area contributed by atoms with E-state index in [-0.39, 0.29) is 12.2 Å². The van der Waals surface area contributed by atoms with Gasteiger partial charge < -0.3 is 20.7 Å². The molecule has 2 aromatic rings. The first-order valence-electron chi connectivity index (χ1n) is 9.90. The van der Waals surface area contributed by atoms with Crippen molar-refractivity contribution in [2.45, 2.75) is 18.5 Å². The highest BCUT2D eigenvalue weighted by atomic mass is 35.5. The molecular weight excluding hydrogens is 470 g/mol. The fraction of sp³-hybridized carbons (Fsp3) is 0.227. The van der Waals surface area contributed by atoms with Crippen molar-refractivity contribution in [3.8, 4) is 0 Å². The predicted octanol–water partition coefficient (Wildman–Crippen LogP) is 2.33. The summed E-state index contributed by atoms with van der Waals surface area (Å²) in [5.41, 5.74) is 6.26. The van der Waals surface area contributed by atoms with Crippen LogP contribution in [0.15, 0.2) is 66.1 Å². The van der Waals surface area contributed by atoms with Crippen LogP contribution in [0.5, 0.6) is 0 Å². The van der Waals surface area contributed by atoms with Crippen LogP contribution in [-0.4, -0.2) is 44.7 Å². The lowest BCUT2D eigenvalue weighted by molar-refractivity contribution is -0.148. The van der Waals surface area contributed by atoms with E-state index >= 15 is 0 Å². The summed E-state index contributed by atoms with van der Waals surface area (Å²) in [5, 5.41) is 4.01. The summed E-state index contributed by atoms with van der Waals surface area (Å²) in [5.74, 6) is -1.60. The number of carbonyl (C=O) groups excluding carboxylic acids is 3. The maximum absolute atomic E-state index is 12.9. The van der Waals surface area contributed by atoms with Crippen molar-refractivity contribution in [2.75, 3.05) is 17.3 Å². The summed E-state index contributed by atoms with van der Waals surface area (Å²) < 4.78 is 28.9. The lowest BCUT2D eigenvalue weighted by Gasteiger charge is -2.27. The number of urea groups is 1. The van der Waals surface area contributed by atoms with Gasteiger partial charge in [-0.1, -0.05) is 41.9 Å². The molecule has 33 heavy (non-hydrogen) atoms. The van der Waals surface area contributed by atoms with Crippen molar-refractivity contribution in [2.24, 2.45) is 5.73 Å². The number of nitrogens with zero attached hydrogens (tertiary/aromatic N) is 1. The van der Waals surface area contributed by atoms with Crippen LogP contribution < -0.4 is 16.0 Å². The molecule has 3 N–H and O–H groups in total. The molecule has 0 saturated carbocycles. The number of primary amides is 1. The van der Waals surface area contributed by atoms with Gasteiger partial charge in [-0.25, -0.2) is 13.2 Å². The molecule has 11 heteroatoms. The number of hydrogen-bond acceptors (Lipinski definition) is 6. The van der Waals surface area contributed by atoms with Crippen molar-refractivity contribution in [1.29, 1.82) is 0 Å². The summed E-state index contributed by atoms with van der Waals surface area (Å²) in [6.07, 6.45) is 1.15. The normalized spacial score (nSPS) is 17.2. The van der Waals surface area contributed by atoms with Gasteiger partial charge in [-0.2, -0.15) is 0 Å². The maximum Gasteiger partial charge on any atom is 0.312 e. The molecule has 1 heterocycles. The smallest absolute Gasteiger partial charge is 0.312 e. The standard InChI is InChI=1S/C22H22ClN3O6S/c23-16-8-6-15(7-9-16)19(25-22(24)29)12-21(28)32-13-20(27)26(17-4-2-1-3-5-17)18-10-11-33(30,31)14-18/h1-11,18-19H,12-14H2,(H3,24,25,29)/t18-,19+/m1/s1. The van der Waals surface area contributed by atoms with Crippen molar-refractivity contribution in [3.05, 3.63) is 76.7 Å². The second kappa shape index (κ2) is 10.5. The summed E-state index contributed by atoms with van der Waals surface area (Å²) in [4.78, 5) is 38.0. The Labute approximate surface area is 196 Å². The molecule has 0 fully saturated rings. The number of hydrogen-bond donors (Lipinski definition) is 2. The molecule has 0 aliphatic carbocycles. The predicted molar refractivity (Wildman–Crippen MR) is 123 cm³/mol. The molecule has 1 aliphatic rings. The second-order valence-corrected chi connectivity index (χ2v) is 9.67. The van der Waals surface area contributed by atoms with Gasteiger partial charge in [0, 0.05) is 16.1 Å². The third-order valence-corrected chi connectivity index (χ3v) is 6.49. The van der Waals surface area contributed by atoms with Crippen LogP contribution in [-0.2, 0) is 24.2 Å². The topological polar surface area (TPSA) is 136 Å². The van der Waals surface area contributed by atoms with Crippen molar-refractivity contribution >= 4 is 45.0 Å². The summed E-state index contributed by atoms with van der Waals surface area (Å²) in [6, 6.07) is 12.6. The van der Waals surface area contributed by atoms with Gasteiger partial charge in [-0.05, 0) is 35.9 Å². The SMILES string of the molecule is NC(=O)N[C@@H](CC(=O)OCC(=O)N(c1ccccc1)[C@@H]1C=CS(=O)(=O)C1)c1ccc(Cl)cc1. The van der Waals surface area contributed by atoms with E-state index in [0.717, 1.165) is 5.41 Å².